The number of carboxylic acid groups (broad SMARTS) is 1. The molecule has 0 spiro atoms. The molecule has 52 heavy (non-hydrogen) atoms. The highest BCUT2D eigenvalue weighted by Gasteiger charge is 2.25. The SMILES string of the molecule is CC/C=C/C=C/C=C/C=C/C=C/CCCCCC(=O)OCC(COCCC(C(=O)[O-])[N+](C)(C)C)OC(=O)CCCCCCC/C=C/C=C/C=C/CC. The van der Waals surface area contributed by atoms with Crippen molar-refractivity contribution in [2.75, 3.05) is 41.0 Å². The zero-order chi connectivity index (χ0) is 38.5. The van der Waals surface area contributed by atoms with Crippen LogP contribution in [0.2, 0.25) is 0 Å². The Kier molecular flexibility index (Phi) is 31.9. The van der Waals surface area contributed by atoms with Gasteiger partial charge in [-0.1, -0.05) is 137 Å². The van der Waals surface area contributed by atoms with Crippen molar-refractivity contribution in [2.24, 2.45) is 0 Å². The molecule has 0 aromatic rings. The molecular weight excluding hydrogens is 654 g/mol. The molecule has 0 aliphatic carbocycles. The number of esters is 2. The number of likely N-dealkylation sites (N-methyl/N-ethyl adjacent to an activating group) is 1. The Morgan fingerprint density at radius 3 is 1.52 bits per heavy atom. The molecule has 0 saturated carbocycles. The summed E-state index contributed by atoms with van der Waals surface area (Å²) in [5, 5.41) is 11.6. The number of ether oxygens (including phenoxy) is 3. The largest absolute Gasteiger partial charge is 0.544 e. The fraction of sp³-hybridized carbons (Fsp3) is 0.568. The normalized spacial score (nSPS) is 14.1. The Bertz CT molecular complexity index is 1170. The van der Waals surface area contributed by atoms with E-state index < -0.39 is 18.1 Å². The number of carbonyl (C=O) groups is 3. The quantitative estimate of drug-likeness (QED) is 0.0297. The molecule has 0 bridgehead atoms. The van der Waals surface area contributed by atoms with Crippen LogP contribution in [0.5, 0.6) is 0 Å². The second kappa shape index (κ2) is 34.3. The minimum atomic E-state index is -1.14. The van der Waals surface area contributed by atoms with Gasteiger partial charge >= 0.3 is 11.9 Å². The number of carboxylic acids is 1. The average Bonchev–Trinajstić information content (AvgIpc) is 3.09. The Morgan fingerprint density at radius 2 is 1.02 bits per heavy atom. The first kappa shape index (κ1) is 48.2. The van der Waals surface area contributed by atoms with Gasteiger partial charge in [0.2, 0.25) is 0 Å². The Hall–Kier alpha value is -3.75. The molecule has 0 aromatic carbocycles. The van der Waals surface area contributed by atoms with Crippen LogP contribution >= 0.6 is 0 Å². The van der Waals surface area contributed by atoms with Crippen molar-refractivity contribution in [1.29, 1.82) is 0 Å². The third kappa shape index (κ3) is 32.2. The topological polar surface area (TPSA) is 102 Å². The van der Waals surface area contributed by atoms with Gasteiger partial charge in [0.1, 0.15) is 12.6 Å². The van der Waals surface area contributed by atoms with Gasteiger partial charge < -0.3 is 28.6 Å². The molecule has 0 rings (SSSR count). The number of nitrogens with zero attached hydrogens (tertiary/aromatic N) is 1. The summed E-state index contributed by atoms with van der Waals surface area (Å²) in [6.45, 7) is 4.27. The maximum atomic E-state index is 12.6. The third-order valence-corrected chi connectivity index (χ3v) is 7.91. The minimum Gasteiger partial charge on any atom is -0.544 e. The van der Waals surface area contributed by atoms with Crippen LogP contribution in [0, 0.1) is 0 Å². The molecule has 0 heterocycles. The summed E-state index contributed by atoms with van der Waals surface area (Å²) in [4.78, 5) is 36.7. The molecule has 0 aromatic heterocycles. The summed E-state index contributed by atoms with van der Waals surface area (Å²) in [6.07, 6.45) is 44.3. The summed E-state index contributed by atoms with van der Waals surface area (Å²) < 4.78 is 17.0. The van der Waals surface area contributed by atoms with E-state index in [-0.39, 0.29) is 55.5 Å². The number of quaternary nitrogens is 1. The van der Waals surface area contributed by atoms with Gasteiger partial charge in [0, 0.05) is 19.3 Å². The summed E-state index contributed by atoms with van der Waals surface area (Å²) in [6, 6.07) is -0.741. The Balaban J connectivity index is 4.56. The third-order valence-electron chi connectivity index (χ3n) is 7.91. The molecule has 2 atom stereocenters. The van der Waals surface area contributed by atoms with E-state index in [1.54, 1.807) is 21.1 Å². The van der Waals surface area contributed by atoms with Crippen LogP contribution in [0.3, 0.4) is 0 Å². The minimum absolute atomic E-state index is 0.0110. The molecule has 0 aliphatic heterocycles. The maximum Gasteiger partial charge on any atom is 0.306 e. The van der Waals surface area contributed by atoms with Gasteiger partial charge in [-0.2, -0.15) is 0 Å². The van der Waals surface area contributed by atoms with Gasteiger partial charge in [-0.05, 0) is 51.4 Å². The molecule has 8 nitrogen and oxygen atoms in total. The van der Waals surface area contributed by atoms with E-state index in [4.69, 9.17) is 14.2 Å². The van der Waals surface area contributed by atoms with Crippen molar-refractivity contribution in [3.05, 3.63) is 97.2 Å². The highest BCUT2D eigenvalue weighted by molar-refractivity contribution is 5.70. The molecule has 0 amide bonds. The molecular formula is C44H69NO7. The van der Waals surface area contributed by atoms with Crippen molar-refractivity contribution in [1.82, 2.24) is 0 Å². The lowest BCUT2D eigenvalue weighted by atomic mass is 10.1. The van der Waals surface area contributed by atoms with Crippen molar-refractivity contribution in [2.45, 2.75) is 122 Å². The van der Waals surface area contributed by atoms with E-state index in [1.165, 1.54) is 0 Å². The number of rotatable bonds is 32. The van der Waals surface area contributed by atoms with Crippen molar-refractivity contribution >= 4 is 17.9 Å². The van der Waals surface area contributed by atoms with E-state index in [1.807, 2.05) is 60.8 Å². The van der Waals surface area contributed by atoms with Crippen LogP contribution < -0.4 is 5.11 Å². The second-order valence-electron chi connectivity index (χ2n) is 13.6. The average molecular weight is 724 g/mol. The van der Waals surface area contributed by atoms with Crippen LogP contribution in [-0.4, -0.2) is 75.5 Å². The number of unbranched alkanes of at least 4 members (excludes halogenated alkanes) is 8. The van der Waals surface area contributed by atoms with Crippen LogP contribution in [-0.2, 0) is 28.6 Å². The summed E-state index contributed by atoms with van der Waals surface area (Å²) in [7, 11) is 5.36. The van der Waals surface area contributed by atoms with Gasteiger partial charge in [0.25, 0.3) is 0 Å². The van der Waals surface area contributed by atoms with Gasteiger partial charge in [0.15, 0.2) is 6.10 Å². The molecule has 0 radical (unpaired) electrons. The molecule has 0 saturated heterocycles. The van der Waals surface area contributed by atoms with Crippen LogP contribution in [0.25, 0.3) is 0 Å². The lowest BCUT2D eigenvalue weighted by Crippen LogP contribution is -2.55. The predicted molar refractivity (Wildman–Crippen MR) is 212 cm³/mol. The Labute approximate surface area is 316 Å². The van der Waals surface area contributed by atoms with Crippen LogP contribution in [0.4, 0.5) is 0 Å². The lowest BCUT2D eigenvalue weighted by molar-refractivity contribution is -0.889. The number of allylic oxidation sites excluding steroid dienone is 16. The van der Waals surface area contributed by atoms with Gasteiger partial charge in [-0.15, -0.1) is 0 Å². The van der Waals surface area contributed by atoms with Gasteiger partial charge in [-0.25, -0.2) is 0 Å². The number of aliphatic carboxylic acids is 1. The number of hydrogen-bond donors (Lipinski definition) is 0. The molecule has 0 N–H and O–H groups in total. The van der Waals surface area contributed by atoms with E-state index in [2.05, 4.69) is 50.3 Å². The summed E-state index contributed by atoms with van der Waals surface area (Å²) >= 11 is 0. The zero-order valence-corrected chi connectivity index (χ0v) is 32.9. The fourth-order valence-corrected chi connectivity index (χ4v) is 4.91. The first-order chi connectivity index (χ1) is 25.1. The summed E-state index contributed by atoms with van der Waals surface area (Å²) in [5.41, 5.74) is 0. The highest BCUT2D eigenvalue weighted by atomic mass is 16.6. The second-order valence-corrected chi connectivity index (χ2v) is 13.6. The predicted octanol–water partition coefficient (Wildman–Crippen LogP) is 8.62. The lowest BCUT2D eigenvalue weighted by Gasteiger charge is -2.34. The molecule has 292 valence electrons. The Morgan fingerprint density at radius 1 is 0.577 bits per heavy atom. The fourth-order valence-electron chi connectivity index (χ4n) is 4.91. The number of carbonyl (C=O) groups excluding carboxylic acids is 3. The molecule has 2 unspecified atom stereocenters. The van der Waals surface area contributed by atoms with Crippen LogP contribution in [0.1, 0.15) is 110 Å². The van der Waals surface area contributed by atoms with E-state index >= 15 is 0 Å². The van der Waals surface area contributed by atoms with Crippen molar-refractivity contribution in [3.63, 3.8) is 0 Å². The van der Waals surface area contributed by atoms with E-state index in [0.717, 1.165) is 70.6 Å². The zero-order valence-electron chi connectivity index (χ0n) is 32.9. The first-order valence-electron chi connectivity index (χ1n) is 19.4. The van der Waals surface area contributed by atoms with E-state index in [9.17, 15) is 19.5 Å². The smallest absolute Gasteiger partial charge is 0.306 e. The standard InChI is InChI=1S/C44H69NO7/c1-6-8-10-12-14-16-18-20-21-23-24-26-28-30-32-34-42(46)51-39-40(38-50-37-36-41(44(48)49)45(3,4)5)52-43(47)35-33-31-29-27-25-22-19-17-15-13-11-9-7-2/h8-21,23-24,40-41H,6-7,22,25-39H2,1-5H3/b10-8+,11-9+,14-12+,15-13+,18-16+,19-17+,21-20+,24-23+. The molecule has 8 heteroatoms. The monoisotopic (exact) mass is 724 g/mol. The summed E-state index contributed by atoms with van der Waals surface area (Å²) in [5.74, 6) is -1.84. The van der Waals surface area contributed by atoms with Crippen molar-refractivity contribution in [3.8, 4) is 0 Å². The van der Waals surface area contributed by atoms with Gasteiger partial charge in [-0.3, -0.25) is 9.59 Å². The molecule has 0 aliphatic rings. The van der Waals surface area contributed by atoms with E-state index in [0.29, 0.717) is 6.42 Å². The number of hydrogen-bond acceptors (Lipinski definition) is 7. The van der Waals surface area contributed by atoms with Crippen LogP contribution in [0.15, 0.2) is 97.2 Å². The van der Waals surface area contributed by atoms with Gasteiger partial charge in [0.05, 0.1) is 40.3 Å². The van der Waals surface area contributed by atoms with Crippen molar-refractivity contribution < 1.29 is 38.2 Å². The first-order valence-corrected chi connectivity index (χ1v) is 19.4. The highest BCUT2D eigenvalue weighted by Crippen LogP contribution is 2.12. The maximum absolute atomic E-state index is 12.6. The molecule has 0 fully saturated rings.